The summed E-state index contributed by atoms with van der Waals surface area (Å²) in [6.07, 6.45) is 7.00. The van der Waals surface area contributed by atoms with Gasteiger partial charge in [-0.15, -0.1) is 6.58 Å². The molecule has 2 fully saturated rings. The van der Waals surface area contributed by atoms with E-state index < -0.39 is 5.79 Å². The molecule has 2 heterocycles. The van der Waals surface area contributed by atoms with Crippen LogP contribution < -0.4 is 0 Å². The summed E-state index contributed by atoms with van der Waals surface area (Å²) in [4.78, 5) is 12.1. The zero-order chi connectivity index (χ0) is 13.0. The van der Waals surface area contributed by atoms with Crippen LogP contribution >= 0.6 is 0 Å². The summed E-state index contributed by atoms with van der Waals surface area (Å²) in [6, 6.07) is 0. The van der Waals surface area contributed by atoms with Crippen molar-refractivity contribution < 1.29 is 19.4 Å². The summed E-state index contributed by atoms with van der Waals surface area (Å²) in [5.41, 5.74) is 0. The van der Waals surface area contributed by atoms with Crippen LogP contribution in [0.25, 0.3) is 0 Å². The second-order valence-corrected chi connectivity index (χ2v) is 5.14. The lowest BCUT2D eigenvalue weighted by Gasteiger charge is -2.44. The van der Waals surface area contributed by atoms with Crippen LogP contribution in [-0.2, 0) is 14.3 Å². The molecule has 102 valence electrons. The predicted molar refractivity (Wildman–Crippen MR) is 67.1 cm³/mol. The van der Waals surface area contributed by atoms with Gasteiger partial charge in [-0.25, -0.2) is 0 Å². The second-order valence-electron chi connectivity index (χ2n) is 5.14. The lowest BCUT2D eigenvalue weighted by molar-refractivity contribution is -0.293. The molecule has 0 aromatic carbocycles. The van der Waals surface area contributed by atoms with Crippen molar-refractivity contribution in [3.05, 3.63) is 12.7 Å². The molecule has 0 aromatic heterocycles. The van der Waals surface area contributed by atoms with Gasteiger partial charge < -0.3 is 14.6 Å². The van der Waals surface area contributed by atoms with Crippen LogP contribution in [0.4, 0.5) is 0 Å². The van der Waals surface area contributed by atoms with Gasteiger partial charge in [-0.1, -0.05) is 6.08 Å². The largest absolute Gasteiger partial charge is 0.394 e. The van der Waals surface area contributed by atoms with Crippen LogP contribution in [0, 0.1) is 0 Å². The van der Waals surface area contributed by atoms with Crippen LogP contribution in [-0.4, -0.2) is 35.5 Å². The zero-order valence-corrected chi connectivity index (χ0v) is 10.8. The topological polar surface area (TPSA) is 55.8 Å². The SMILES string of the molecule is C=CCC[C@@H]1CCC(=O)[C@]2(CCC[C@H](CO)O2)O1. The first-order valence-corrected chi connectivity index (χ1v) is 6.81. The zero-order valence-electron chi connectivity index (χ0n) is 10.8. The maximum absolute atomic E-state index is 12.1. The number of aliphatic hydroxyl groups is 1. The fourth-order valence-electron chi connectivity index (χ4n) is 2.75. The minimum absolute atomic E-state index is 0.0375. The first kappa shape index (κ1) is 13.7. The molecule has 2 aliphatic rings. The lowest BCUT2D eigenvalue weighted by Crippen LogP contribution is -2.54. The smallest absolute Gasteiger partial charge is 0.229 e. The number of ketones is 1. The van der Waals surface area contributed by atoms with Crippen LogP contribution in [0.2, 0.25) is 0 Å². The van der Waals surface area contributed by atoms with Gasteiger partial charge in [0.25, 0.3) is 0 Å². The van der Waals surface area contributed by atoms with Gasteiger partial charge in [0.2, 0.25) is 5.79 Å². The first-order valence-electron chi connectivity index (χ1n) is 6.81. The molecular formula is C14H22O4. The normalized spacial score (nSPS) is 36.8. The number of carbonyl (C=O) groups excluding carboxylic acids is 1. The average molecular weight is 254 g/mol. The van der Waals surface area contributed by atoms with Crippen LogP contribution in [0.5, 0.6) is 0 Å². The fourth-order valence-corrected chi connectivity index (χ4v) is 2.75. The van der Waals surface area contributed by atoms with Crippen molar-refractivity contribution in [2.45, 2.75) is 62.9 Å². The van der Waals surface area contributed by atoms with E-state index in [0.717, 1.165) is 32.1 Å². The molecule has 0 radical (unpaired) electrons. The van der Waals surface area contributed by atoms with E-state index in [1.54, 1.807) is 0 Å². The number of aliphatic hydroxyl groups excluding tert-OH is 1. The van der Waals surface area contributed by atoms with Crippen molar-refractivity contribution in [1.82, 2.24) is 0 Å². The molecule has 0 aromatic rings. The van der Waals surface area contributed by atoms with E-state index in [9.17, 15) is 9.90 Å². The number of carbonyl (C=O) groups is 1. The van der Waals surface area contributed by atoms with E-state index in [1.807, 2.05) is 6.08 Å². The van der Waals surface area contributed by atoms with E-state index in [-0.39, 0.29) is 24.6 Å². The van der Waals surface area contributed by atoms with Crippen LogP contribution in [0.15, 0.2) is 12.7 Å². The molecule has 0 saturated carbocycles. The van der Waals surface area contributed by atoms with E-state index >= 15 is 0 Å². The van der Waals surface area contributed by atoms with Crippen molar-refractivity contribution in [1.29, 1.82) is 0 Å². The molecule has 1 spiro atoms. The average Bonchev–Trinajstić information content (AvgIpc) is 2.40. The molecule has 4 nitrogen and oxygen atoms in total. The van der Waals surface area contributed by atoms with Crippen molar-refractivity contribution in [2.75, 3.05) is 6.61 Å². The summed E-state index contributed by atoms with van der Waals surface area (Å²) in [6.45, 7) is 3.66. The summed E-state index contributed by atoms with van der Waals surface area (Å²) in [5, 5.41) is 9.19. The Labute approximate surface area is 108 Å². The molecule has 0 unspecified atom stereocenters. The molecule has 0 amide bonds. The maximum atomic E-state index is 12.1. The monoisotopic (exact) mass is 254 g/mol. The lowest BCUT2D eigenvalue weighted by atomic mass is 9.91. The highest BCUT2D eigenvalue weighted by atomic mass is 16.7. The third-order valence-corrected chi connectivity index (χ3v) is 3.76. The second kappa shape index (κ2) is 5.95. The van der Waals surface area contributed by atoms with Gasteiger partial charge >= 0.3 is 0 Å². The fraction of sp³-hybridized carbons (Fsp3) is 0.786. The number of hydrogen-bond donors (Lipinski definition) is 1. The quantitative estimate of drug-likeness (QED) is 0.779. The molecule has 2 rings (SSSR count). The highest BCUT2D eigenvalue weighted by molar-refractivity contribution is 5.86. The Morgan fingerprint density at radius 3 is 2.89 bits per heavy atom. The number of rotatable bonds is 4. The molecule has 4 heteroatoms. The maximum Gasteiger partial charge on any atom is 0.229 e. The molecule has 18 heavy (non-hydrogen) atoms. The number of hydrogen-bond acceptors (Lipinski definition) is 4. The Bertz CT molecular complexity index is 313. The van der Waals surface area contributed by atoms with E-state index in [2.05, 4.69) is 6.58 Å². The Hall–Kier alpha value is -0.710. The Balaban J connectivity index is 2.03. The van der Waals surface area contributed by atoms with Gasteiger partial charge in [0.1, 0.15) is 0 Å². The standard InChI is InChI=1S/C14H22O4/c1-2-3-5-11-7-8-13(16)14(17-11)9-4-6-12(10-15)18-14/h2,11-12,15H,1,3-10H2/t11-,12-,14-/m1/s1. The molecule has 3 atom stereocenters. The molecule has 0 bridgehead atoms. The summed E-state index contributed by atoms with van der Waals surface area (Å²) >= 11 is 0. The van der Waals surface area contributed by atoms with Crippen molar-refractivity contribution in [2.24, 2.45) is 0 Å². The Kier molecular flexibility index (Phi) is 4.54. The Morgan fingerprint density at radius 2 is 2.17 bits per heavy atom. The van der Waals surface area contributed by atoms with Crippen molar-refractivity contribution in [3.63, 3.8) is 0 Å². The number of ether oxygens (including phenoxy) is 2. The first-order chi connectivity index (χ1) is 8.70. The molecule has 1 N–H and O–H groups in total. The minimum Gasteiger partial charge on any atom is -0.394 e. The van der Waals surface area contributed by atoms with Gasteiger partial charge in [-0.3, -0.25) is 4.79 Å². The van der Waals surface area contributed by atoms with E-state index in [4.69, 9.17) is 9.47 Å². The predicted octanol–water partition coefficient (Wildman–Crippen LogP) is 1.96. The van der Waals surface area contributed by atoms with E-state index in [1.165, 1.54) is 0 Å². The molecule has 2 saturated heterocycles. The van der Waals surface area contributed by atoms with Gasteiger partial charge in [-0.2, -0.15) is 0 Å². The Morgan fingerprint density at radius 1 is 1.39 bits per heavy atom. The summed E-state index contributed by atoms with van der Waals surface area (Å²) < 4.78 is 11.7. The third kappa shape index (κ3) is 2.82. The van der Waals surface area contributed by atoms with Crippen molar-refractivity contribution >= 4 is 5.78 Å². The highest BCUT2D eigenvalue weighted by Gasteiger charge is 2.48. The summed E-state index contributed by atoms with van der Waals surface area (Å²) in [5.74, 6) is -1.04. The minimum atomic E-state index is -1.07. The number of Topliss-reactive ketones (excluding diaryl/α,β-unsaturated/α-hetero) is 1. The van der Waals surface area contributed by atoms with Gasteiger partial charge in [0.05, 0.1) is 18.8 Å². The van der Waals surface area contributed by atoms with Crippen LogP contribution in [0.1, 0.15) is 44.9 Å². The number of allylic oxidation sites excluding steroid dienone is 1. The molecule has 2 aliphatic heterocycles. The van der Waals surface area contributed by atoms with Gasteiger partial charge in [0, 0.05) is 12.8 Å². The van der Waals surface area contributed by atoms with E-state index in [0.29, 0.717) is 12.8 Å². The van der Waals surface area contributed by atoms with Crippen LogP contribution in [0.3, 0.4) is 0 Å². The molecular weight excluding hydrogens is 232 g/mol. The third-order valence-electron chi connectivity index (χ3n) is 3.76. The summed E-state index contributed by atoms with van der Waals surface area (Å²) in [7, 11) is 0. The van der Waals surface area contributed by atoms with Gasteiger partial charge in [-0.05, 0) is 32.1 Å². The van der Waals surface area contributed by atoms with Gasteiger partial charge in [0.15, 0.2) is 5.78 Å². The molecule has 0 aliphatic carbocycles. The highest BCUT2D eigenvalue weighted by Crippen LogP contribution is 2.37. The van der Waals surface area contributed by atoms with Crippen molar-refractivity contribution in [3.8, 4) is 0 Å².